The number of nitrogens with one attached hydrogen (secondary N) is 2. The predicted octanol–water partition coefficient (Wildman–Crippen LogP) is 1.80. The first-order valence-electron chi connectivity index (χ1n) is 7.61. The van der Waals surface area contributed by atoms with E-state index >= 15 is 0 Å². The summed E-state index contributed by atoms with van der Waals surface area (Å²) in [5, 5.41) is 6.24. The van der Waals surface area contributed by atoms with E-state index in [2.05, 4.69) is 15.6 Å². The average Bonchev–Trinajstić information content (AvgIpc) is 2.90. The van der Waals surface area contributed by atoms with Gasteiger partial charge in [-0.3, -0.25) is 4.79 Å². The predicted molar refractivity (Wildman–Crippen MR) is 98.9 cm³/mol. The number of aromatic nitrogens is 2. The molecule has 2 heterocycles. The Morgan fingerprint density at radius 3 is 2.62 bits per heavy atom. The number of benzene rings is 1. The molecule has 8 heteroatoms. The second-order valence-electron chi connectivity index (χ2n) is 5.71. The van der Waals surface area contributed by atoms with Gasteiger partial charge in [0, 0.05) is 14.2 Å². The third kappa shape index (κ3) is 3.83. The van der Waals surface area contributed by atoms with Gasteiger partial charge in [-0.05, 0) is 38.1 Å². The van der Waals surface area contributed by atoms with Crippen LogP contribution in [0.1, 0.15) is 18.7 Å². The molecule has 1 amide bonds. The number of ether oxygens (including phenoxy) is 1. The van der Waals surface area contributed by atoms with Crippen LogP contribution >= 0.6 is 24.8 Å². The van der Waals surface area contributed by atoms with Crippen LogP contribution in [0.5, 0.6) is 0 Å². The lowest BCUT2D eigenvalue weighted by Gasteiger charge is -2.34. The number of carbonyl (C=O) groups excluding carboxylic acids is 1. The van der Waals surface area contributed by atoms with Gasteiger partial charge in [0.1, 0.15) is 11.4 Å². The van der Waals surface area contributed by atoms with Gasteiger partial charge in [-0.2, -0.15) is 0 Å². The number of hydrogen-bond acceptors (Lipinski definition) is 4. The van der Waals surface area contributed by atoms with Crippen LogP contribution in [-0.2, 0) is 23.1 Å². The molecule has 0 atom stereocenters. The Morgan fingerprint density at radius 2 is 2.00 bits per heavy atom. The van der Waals surface area contributed by atoms with Crippen LogP contribution in [0.15, 0.2) is 24.3 Å². The number of fused-ring (bicyclic) bond motifs is 1. The first-order chi connectivity index (χ1) is 10.7. The molecule has 1 aromatic carbocycles. The molecule has 0 radical (unpaired) electrons. The van der Waals surface area contributed by atoms with Crippen molar-refractivity contribution in [1.82, 2.24) is 20.2 Å². The molecule has 134 valence electrons. The zero-order chi connectivity index (χ0) is 15.6. The number of methoxy groups -OCH3 is 1. The molecule has 0 saturated carbocycles. The quantitative estimate of drug-likeness (QED) is 0.855. The second kappa shape index (κ2) is 8.67. The van der Waals surface area contributed by atoms with Gasteiger partial charge in [0.25, 0.3) is 5.91 Å². The Labute approximate surface area is 154 Å². The standard InChI is InChI=1S/C16H22N4O2.2ClH/c1-20-13-6-4-3-5-12(13)19-14(20)11-18-15(21)16(22-2)7-9-17-10-8-16;;/h3-6,17H,7-11H2,1-2H3,(H,18,21);2*1H. The van der Waals surface area contributed by atoms with E-state index < -0.39 is 5.60 Å². The van der Waals surface area contributed by atoms with Crippen LogP contribution in [0.2, 0.25) is 0 Å². The monoisotopic (exact) mass is 374 g/mol. The maximum Gasteiger partial charge on any atom is 0.252 e. The lowest BCUT2D eigenvalue weighted by atomic mass is 9.91. The molecule has 1 saturated heterocycles. The maximum atomic E-state index is 12.5. The van der Waals surface area contributed by atoms with Crippen LogP contribution in [0.25, 0.3) is 11.0 Å². The molecular weight excluding hydrogens is 351 g/mol. The lowest BCUT2D eigenvalue weighted by Crippen LogP contribution is -2.54. The number of hydrogen-bond donors (Lipinski definition) is 2. The topological polar surface area (TPSA) is 68.2 Å². The number of nitrogens with zero attached hydrogens (tertiary/aromatic N) is 2. The highest BCUT2D eigenvalue weighted by atomic mass is 35.5. The summed E-state index contributed by atoms with van der Waals surface area (Å²) in [7, 11) is 3.58. The summed E-state index contributed by atoms with van der Waals surface area (Å²) in [4.78, 5) is 17.1. The first kappa shape index (κ1) is 20.7. The molecule has 0 aliphatic carbocycles. The van der Waals surface area contributed by atoms with Crippen LogP contribution in [0, 0.1) is 0 Å². The Morgan fingerprint density at radius 1 is 1.33 bits per heavy atom. The first-order valence-corrected chi connectivity index (χ1v) is 7.61. The van der Waals surface area contributed by atoms with Crippen molar-refractivity contribution in [2.75, 3.05) is 20.2 Å². The highest BCUT2D eigenvalue weighted by molar-refractivity contribution is 5.86. The number of imidazole rings is 1. The molecule has 0 spiro atoms. The smallest absolute Gasteiger partial charge is 0.252 e. The number of rotatable bonds is 4. The molecule has 1 aliphatic rings. The van der Waals surface area contributed by atoms with Gasteiger partial charge in [0.15, 0.2) is 0 Å². The van der Waals surface area contributed by atoms with Crippen molar-refractivity contribution in [3.63, 3.8) is 0 Å². The van der Waals surface area contributed by atoms with Gasteiger partial charge in [0.2, 0.25) is 0 Å². The average molecular weight is 375 g/mol. The van der Waals surface area contributed by atoms with Gasteiger partial charge in [-0.1, -0.05) is 12.1 Å². The molecule has 1 aromatic heterocycles. The minimum Gasteiger partial charge on any atom is -0.368 e. The molecule has 0 unspecified atom stereocenters. The number of aryl methyl sites for hydroxylation is 1. The summed E-state index contributed by atoms with van der Waals surface area (Å²) in [6.45, 7) is 2.00. The van der Waals surface area contributed by atoms with E-state index in [-0.39, 0.29) is 30.7 Å². The van der Waals surface area contributed by atoms with Gasteiger partial charge in [-0.25, -0.2) is 4.98 Å². The Kier molecular flexibility index (Phi) is 7.48. The summed E-state index contributed by atoms with van der Waals surface area (Å²) in [6, 6.07) is 7.95. The number of para-hydroxylation sites is 2. The molecule has 24 heavy (non-hydrogen) atoms. The van der Waals surface area contributed by atoms with Crippen molar-refractivity contribution in [2.45, 2.75) is 25.0 Å². The summed E-state index contributed by atoms with van der Waals surface area (Å²) >= 11 is 0. The third-order valence-corrected chi connectivity index (χ3v) is 4.50. The fraction of sp³-hybridized carbons (Fsp3) is 0.500. The van der Waals surface area contributed by atoms with Crippen LogP contribution < -0.4 is 10.6 Å². The SMILES string of the molecule is COC1(C(=O)NCc2nc3ccccc3n2C)CCNCC1.Cl.Cl. The fourth-order valence-corrected chi connectivity index (χ4v) is 3.03. The Bertz CT molecular complexity index is 684. The lowest BCUT2D eigenvalue weighted by molar-refractivity contribution is -0.146. The Balaban J connectivity index is 0.00000144. The third-order valence-electron chi connectivity index (χ3n) is 4.50. The summed E-state index contributed by atoms with van der Waals surface area (Å²) in [5.41, 5.74) is 1.29. The van der Waals surface area contributed by atoms with E-state index in [0.717, 1.165) is 29.9 Å². The van der Waals surface area contributed by atoms with E-state index in [1.807, 2.05) is 35.9 Å². The van der Waals surface area contributed by atoms with E-state index in [4.69, 9.17) is 4.74 Å². The highest BCUT2D eigenvalue weighted by Crippen LogP contribution is 2.23. The van der Waals surface area contributed by atoms with Gasteiger partial charge in [0.05, 0.1) is 17.6 Å². The molecule has 1 aliphatic heterocycles. The van der Waals surface area contributed by atoms with Crippen molar-refractivity contribution < 1.29 is 9.53 Å². The second-order valence-corrected chi connectivity index (χ2v) is 5.71. The van der Waals surface area contributed by atoms with Crippen molar-refractivity contribution in [1.29, 1.82) is 0 Å². The fourth-order valence-electron chi connectivity index (χ4n) is 3.03. The Hall–Kier alpha value is -1.34. The minimum atomic E-state index is -0.712. The van der Waals surface area contributed by atoms with Crippen LogP contribution in [0.4, 0.5) is 0 Å². The number of piperidine rings is 1. The maximum absolute atomic E-state index is 12.5. The van der Waals surface area contributed by atoms with Crippen molar-refractivity contribution in [3.8, 4) is 0 Å². The molecule has 6 nitrogen and oxygen atoms in total. The van der Waals surface area contributed by atoms with Gasteiger partial charge < -0.3 is 19.9 Å². The van der Waals surface area contributed by atoms with E-state index in [9.17, 15) is 4.79 Å². The normalized spacial score (nSPS) is 16.1. The van der Waals surface area contributed by atoms with Gasteiger partial charge in [-0.15, -0.1) is 24.8 Å². The number of amides is 1. The van der Waals surface area contributed by atoms with Crippen LogP contribution in [-0.4, -0.2) is 41.3 Å². The molecule has 3 rings (SSSR count). The zero-order valence-electron chi connectivity index (χ0n) is 13.9. The van der Waals surface area contributed by atoms with Crippen LogP contribution in [0.3, 0.4) is 0 Å². The summed E-state index contributed by atoms with van der Waals surface area (Å²) < 4.78 is 7.55. The molecule has 2 aromatic rings. The molecule has 1 fully saturated rings. The van der Waals surface area contributed by atoms with Crippen molar-refractivity contribution >= 4 is 41.8 Å². The molecule has 2 N–H and O–H groups in total. The van der Waals surface area contributed by atoms with Crippen molar-refractivity contribution in [2.24, 2.45) is 7.05 Å². The number of carbonyl (C=O) groups is 1. The van der Waals surface area contributed by atoms with E-state index in [0.29, 0.717) is 19.4 Å². The van der Waals surface area contributed by atoms with Gasteiger partial charge >= 0.3 is 0 Å². The zero-order valence-corrected chi connectivity index (χ0v) is 15.5. The molecular formula is C16H24Cl2N4O2. The van der Waals surface area contributed by atoms with E-state index in [1.54, 1.807) is 7.11 Å². The summed E-state index contributed by atoms with van der Waals surface area (Å²) in [5.74, 6) is 0.790. The highest BCUT2D eigenvalue weighted by Gasteiger charge is 2.39. The largest absolute Gasteiger partial charge is 0.368 e. The number of halogens is 2. The summed E-state index contributed by atoms with van der Waals surface area (Å²) in [6.07, 6.45) is 1.38. The van der Waals surface area contributed by atoms with E-state index in [1.165, 1.54) is 0 Å². The molecule has 0 bridgehead atoms. The van der Waals surface area contributed by atoms with Crippen molar-refractivity contribution in [3.05, 3.63) is 30.1 Å². The minimum absolute atomic E-state index is 0.